The molecular formula is C18H22N2O2. The molecule has 4 heteroatoms. The molecule has 0 radical (unpaired) electrons. The fourth-order valence-corrected chi connectivity index (χ4v) is 2.70. The third-order valence-electron chi connectivity index (χ3n) is 3.90. The Kier molecular flexibility index (Phi) is 4.61. The van der Waals surface area contributed by atoms with E-state index >= 15 is 0 Å². The largest absolute Gasteiger partial charge is 0.455 e. The second-order valence-electron chi connectivity index (χ2n) is 5.71. The topological polar surface area (TPSA) is 47.7 Å². The summed E-state index contributed by atoms with van der Waals surface area (Å²) in [5, 5.41) is 0. The van der Waals surface area contributed by atoms with Gasteiger partial charge in [-0.25, -0.2) is 0 Å². The highest BCUT2D eigenvalue weighted by atomic mass is 16.5. The SMILES string of the molecule is CN1CCOC(Cc2ccccc2Oc2ccccc2N)C1. The number of para-hydroxylation sites is 3. The van der Waals surface area contributed by atoms with E-state index < -0.39 is 0 Å². The molecule has 2 aromatic rings. The van der Waals surface area contributed by atoms with Crippen molar-refractivity contribution in [2.24, 2.45) is 0 Å². The van der Waals surface area contributed by atoms with Gasteiger partial charge in [-0.15, -0.1) is 0 Å². The van der Waals surface area contributed by atoms with E-state index in [1.165, 1.54) is 0 Å². The van der Waals surface area contributed by atoms with E-state index in [1.807, 2.05) is 42.5 Å². The standard InChI is InChI=1S/C18H22N2O2/c1-20-10-11-21-15(13-20)12-14-6-2-4-8-17(14)22-18-9-5-3-7-16(18)19/h2-9,15H,10-13,19H2,1H3. The summed E-state index contributed by atoms with van der Waals surface area (Å²) in [6.07, 6.45) is 1.05. The van der Waals surface area contributed by atoms with Gasteiger partial charge in [-0.3, -0.25) is 0 Å². The van der Waals surface area contributed by atoms with Crippen molar-refractivity contribution in [3.8, 4) is 11.5 Å². The lowest BCUT2D eigenvalue weighted by molar-refractivity contribution is -0.0187. The second kappa shape index (κ2) is 6.81. The van der Waals surface area contributed by atoms with Crippen molar-refractivity contribution in [2.75, 3.05) is 32.5 Å². The molecule has 1 aliphatic rings. The van der Waals surface area contributed by atoms with Crippen LogP contribution in [0, 0.1) is 0 Å². The van der Waals surface area contributed by atoms with Crippen LogP contribution in [0.2, 0.25) is 0 Å². The first-order chi connectivity index (χ1) is 10.7. The van der Waals surface area contributed by atoms with Gasteiger partial charge in [0.2, 0.25) is 0 Å². The molecule has 2 N–H and O–H groups in total. The Bertz CT molecular complexity index is 630. The number of nitrogens with zero attached hydrogens (tertiary/aromatic N) is 1. The zero-order valence-electron chi connectivity index (χ0n) is 12.9. The quantitative estimate of drug-likeness (QED) is 0.882. The third-order valence-corrected chi connectivity index (χ3v) is 3.90. The van der Waals surface area contributed by atoms with Crippen LogP contribution in [-0.4, -0.2) is 37.7 Å². The minimum Gasteiger partial charge on any atom is -0.455 e. The number of ether oxygens (including phenoxy) is 2. The van der Waals surface area contributed by atoms with Gasteiger partial charge < -0.3 is 20.1 Å². The van der Waals surface area contributed by atoms with Crippen LogP contribution in [0.3, 0.4) is 0 Å². The van der Waals surface area contributed by atoms with Gasteiger partial charge >= 0.3 is 0 Å². The molecule has 0 bridgehead atoms. The van der Waals surface area contributed by atoms with E-state index in [9.17, 15) is 0 Å². The number of likely N-dealkylation sites (N-methyl/N-ethyl adjacent to an activating group) is 1. The van der Waals surface area contributed by atoms with Crippen molar-refractivity contribution in [3.63, 3.8) is 0 Å². The summed E-state index contributed by atoms with van der Waals surface area (Å²) in [5.74, 6) is 1.54. The van der Waals surface area contributed by atoms with Gasteiger partial charge in [0, 0.05) is 19.5 Å². The lowest BCUT2D eigenvalue weighted by Gasteiger charge is -2.30. The Labute approximate surface area is 131 Å². The van der Waals surface area contributed by atoms with Crippen molar-refractivity contribution in [2.45, 2.75) is 12.5 Å². The van der Waals surface area contributed by atoms with Gasteiger partial charge in [-0.2, -0.15) is 0 Å². The number of hydrogen-bond acceptors (Lipinski definition) is 4. The van der Waals surface area contributed by atoms with E-state index in [0.29, 0.717) is 11.4 Å². The van der Waals surface area contributed by atoms with Crippen LogP contribution >= 0.6 is 0 Å². The Morgan fingerprint density at radius 3 is 2.64 bits per heavy atom. The van der Waals surface area contributed by atoms with Crippen LogP contribution in [0.25, 0.3) is 0 Å². The maximum atomic E-state index is 6.01. The molecule has 0 spiro atoms. The molecule has 1 saturated heterocycles. The number of rotatable bonds is 4. The molecule has 1 unspecified atom stereocenters. The minimum absolute atomic E-state index is 0.205. The van der Waals surface area contributed by atoms with Crippen LogP contribution in [-0.2, 0) is 11.2 Å². The lowest BCUT2D eigenvalue weighted by atomic mass is 10.1. The summed E-state index contributed by atoms with van der Waals surface area (Å²) >= 11 is 0. The number of morpholine rings is 1. The van der Waals surface area contributed by atoms with E-state index in [-0.39, 0.29) is 6.10 Å². The van der Waals surface area contributed by atoms with Crippen LogP contribution in [0.5, 0.6) is 11.5 Å². The molecule has 3 rings (SSSR count). The maximum absolute atomic E-state index is 6.01. The highest BCUT2D eigenvalue weighted by molar-refractivity contribution is 5.54. The summed E-state index contributed by atoms with van der Waals surface area (Å²) in [4.78, 5) is 2.30. The molecule has 22 heavy (non-hydrogen) atoms. The number of nitrogens with two attached hydrogens (primary N) is 1. The van der Waals surface area contributed by atoms with Crippen molar-refractivity contribution in [1.29, 1.82) is 0 Å². The fraction of sp³-hybridized carbons (Fsp3) is 0.333. The third kappa shape index (κ3) is 3.59. The average molecular weight is 298 g/mol. The van der Waals surface area contributed by atoms with Gasteiger partial charge in [0.1, 0.15) is 11.5 Å². The molecule has 116 valence electrons. The molecule has 0 saturated carbocycles. The molecule has 4 nitrogen and oxygen atoms in total. The van der Waals surface area contributed by atoms with Gasteiger partial charge in [-0.1, -0.05) is 30.3 Å². The van der Waals surface area contributed by atoms with Crippen molar-refractivity contribution in [3.05, 3.63) is 54.1 Å². The zero-order chi connectivity index (χ0) is 15.4. The predicted molar refractivity (Wildman–Crippen MR) is 88.3 cm³/mol. The highest BCUT2D eigenvalue weighted by Gasteiger charge is 2.19. The van der Waals surface area contributed by atoms with Crippen LogP contribution in [0.1, 0.15) is 5.56 Å². The average Bonchev–Trinajstić information content (AvgIpc) is 2.51. The van der Waals surface area contributed by atoms with Gasteiger partial charge in [0.25, 0.3) is 0 Å². The van der Waals surface area contributed by atoms with E-state index in [2.05, 4.69) is 18.0 Å². The molecule has 2 aromatic carbocycles. The highest BCUT2D eigenvalue weighted by Crippen LogP contribution is 2.30. The number of anilines is 1. The van der Waals surface area contributed by atoms with E-state index in [4.69, 9.17) is 15.2 Å². The summed E-state index contributed by atoms with van der Waals surface area (Å²) in [5.41, 5.74) is 7.75. The maximum Gasteiger partial charge on any atom is 0.150 e. The first kappa shape index (κ1) is 14.9. The van der Waals surface area contributed by atoms with E-state index in [0.717, 1.165) is 37.4 Å². The number of benzene rings is 2. The Morgan fingerprint density at radius 2 is 1.86 bits per heavy atom. The molecule has 1 heterocycles. The normalized spacial score (nSPS) is 19.0. The Hall–Kier alpha value is -2.04. The summed E-state index contributed by atoms with van der Waals surface area (Å²) in [6, 6.07) is 15.6. The Balaban J connectivity index is 1.76. The molecule has 1 aliphatic heterocycles. The smallest absolute Gasteiger partial charge is 0.150 e. The van der Waals surface area contributed by atoms with Crippen molar-refractivity contribution < 1.29 is 9.47 Å². The van der Waals surface area contributed by atoms with Crippen molar-refractivity contribution in [1.82, 2.24) is 4.90 Å². The summed E-state index contributed by atoms with van der Waals surface area (Å²) in [7, 11) is 2.13. The minimum atomic E-state index is 0.205. The molecule has 0 aliphatic carbocycles. The van der Waals surface area contributed by atoms with Gasteiger partial charge in [0.15, 0.2) is 0 Å². The summed E-state index contributed by atoms with van der Waals surface area (Å²) in [6.45, 7) is 2.73. The van der Waals surface area contributed by atoms with Crippen molar-refractivity contribution >= 4 is 5.69 Å². The first-order valence-electron chi connectivity index (χ1n) is 7.63. The first-order valence-corrected chi connectivity index (χ1v) is 7.63. The molecule has 1 fully saturated rings. The molecule has 0 amide bonds. The molecule has 0 aromatic heterocycles. The van der Waals surface area contributed by atoms with Gasteiger partial charge in [0.05, 0.1) is 18.4 Å². The molecule has 1 atom stereocenters. The van der Waals surface area contributed by atoms with E-state index in [1.54, 1.807) is 0 Å². The molecular weight excluding hydrogens is 276 g/mol. The number of hydrogen-bond donors (Lipinski definition) is 1. The fourth-order valence-electron chi connectivity index (χ4n) is 2.70. The van der Waals surface area contributed by atoms with Crippen LogP contribution in [0.4, 0.5) is 5.69 Å². The zero-order valence-corrected chi connectivity index (χ0v) is 12.9. The van der Waals surface area contributed by atoms with Gasteiger partial charge in [-0.05, 0) is 30.8 Å². The lowest BCUT2D eigenvalue weighted by Crippen LogP contribution is -2.40. The number of nitrogen functional groups attached to an aromatic ring is 1. The Morgan fingerprint density at radius 1 is 1.14 bits per heavy atom. The van der Waals surface area contributed by atoms with Crippen LogP contribution < -0.4 is 10.5 Å². The predicted octanol–water partition coefficient (Wildman–Crippen LogP) is 2.93. The monoisotopic (exact) mass is 298 g/mol. The van der Waals surface area contributed by atoms with Crippen LogP contribution in [0.15, 0.2) is 48.5 Å². The second-order valence-corrected chi connectivity index (χ2v) is 5.71. The summed E-state index contributed by atoms with van der Waals surface area (Å²) < 4.78 is 11.9.